The van der Waals surface area contributed by atoms with Gasteiger partial charge in [-0.05, 0) is 111 Å². The molecule has 0 radical (unpaired) electrons. The average molecular weight is 1310 g/mol. The Morgan fingerprint density at radius 1 is 0.742 bits per heavy atom. The van der Waals surface area contributed by atoms with Gasteiger partial charge in [-0.3, -0.25) is 19.2 Å². The molecule has 1 aliphatic carbocycles. The summed E-state index contributed by atoms with van der Waals surface area (Å²) in [5, 5.41) is 23.6. The summed E-state index contributed by atoms with van der Waals surface area (Å²) in [5.74, 6) is -2.36. The molecule has 25 nitrogen and oxygen atoms in total. The van der Waals surface area contributed by atoms with Gasteiger partial charge >= 0.3 is 12.1 Å². The monoisotopic (exact) mass is 1310 g/mol. The molecule has 7 rings (SSSR count). The van der Waals surface area contributed by atoms with Crippen molar-refractivity contribution in [3.8, 4) is 11.4 Å². The first-order valence-electron chi connectivity index (χ1n) is 32.6. The second-order valence-corrected chi connectivity index (χ2v) is 23.9. The Morgan fingerprint density at radius 3 is 1.86 bits per heavy atom. The van der Waals surface area contributed by atoms with Gasteiger partial charge in [0.25, 0.3) is 5.56 Å². The van der Waals surface area contributed by atoms with Crippen LogP contribution in [0.1, 0.15) is 125 Å². The van der Waals surface area contributed by atoms with Gasteiger partial charge in [-0.25, -0.2) is 19.0 Å². The number of aliphatic hydroxyl groups is 1. The van der Waals surface area contributed by atoms with Crippen LogP contribution < -0.4 is 32.6 Å². The molecule has 4 heterocycles. The number of fused-ring (bicyclic) bond motifs is 5. The highest BCUT2D eigenvalue weighted by molar-refractivity contribution is 5.98. The van der Waals surface area contributed by atoms with Crippen LogP contribution in [0.2, 0.25) is 0 Å². The number of carbonyl (C=O) groups is 5. The van der Waals surface area contributed by atoms with Crippen LogP contribution in [0.3, 0.4) is 0 Å². The van der Waals surface area contributed by atoms with Crippen molar-refractivity contribution in [2.75, 3.05) is 131 Å². The van der Waals surface area contributed by atoms with Gasteiger partial charge in [-0.15, -0.1) is 0 Å². The van der Waals surface area contributed by atoms with Crippen molar-refractivity contribution in [3.63, 3.8) is 0 Å². The number of nitrogens with two attached hydrogens (primary N) is 1. The fourth-order valence-electron chi connectivity index (χ4n) is 11.1. The van der Waals surface area contributed by atoms with Crippen LogP contribution >= 0.6 is 0 Å². The summed E-state index contributed by atoms with van der Waals surface area (Å²) in [5.41, 5.74) is 8.24. The van der Waals surface area contributed by atoms with Gasteiger partial charge in [0.2, 0.25) is 17.7 Å². The molecule has 0 saturated carbocycles. The summed E-state index contributed by atoms with van der Waals surface area (Å²) in [6.45, 7) is 19.2. The first kappa shape index (κ1) is 73.8. The van der Waals surface area contributed by atoms with Crippen molar-refractivity contribution in [2.24, 2.45) is 17.6 Å². The number of nitrogens with zero attached hydrogens (tertiary/aromatic N) is 2. The number of rotatable bonds is 44. The Kier molecular flexibility index (Phi) is 30.3. The number of benzene rings is 2. The Labute approximate surface area is 543 Å². The van der Waals surface area contributed by atoms with E-state index in [2.05, 4.69) is 35.1 Å². The molecule has 7 N–H and O–H groups in total. The zero-order valence-electron chi connectivity index (χ0n) is 54.8. The summed E-state index contributed by atoms with van der Waals surface area (Å²) < 4.78 is 77.7. The molecule has 0 spiro atoms. The largest absolute Gasteiger partial charge is 0.458 e. The van der Waals surface area contributed by atoms with Gasteiger partial charge in [-0.2, -0.15) is 0 Å². The van der Waals surface area contributed by atoms with E-state index in [0.29, 0.717) is 187 Å². The molecule has 0 bridgehead atoms. The lowest BCUT2D eigenvalue weighted by atomic mass is 9.81. The number of anilines is 1. The van der Waals surface area contributed by atoms with Crippen LogP contribution in [0.25, 0.3) is 22.3 Å². The maximum absolute atomic E-state index is 15.5. The van der Waals surface area contributed by atoms with Crippen molar-refractivity contribution in [2.45, 2.75) is 136 Å². The van der Waals surface area contributed by atoms with Crippen molar-refractivity contribution in [1.82, 2.24) is 25.5 Å². The number of amides is 4. The maximum atomic E-state index is 15.5. The van der Waals surface area contributed by atoms with Crippen LogP contribution in [0, 0.1) is 24.6 Å². The minimum atomic E-state index is -2.04. The zero-order valence-corrected chi connectivity index (χ0v) is 54.8. The Bertz CT molecular complexity index is 3150. The van der Waals surface area contributed by atoms with Gasteiger partial charge in [-0.1, -0.05) is 46.8 Å². The molecule has 0 saturated heterocycles. The standard InChI is InChI=1S/C67H96FN7O18/c1-7-67(82)51-38-56-61-49(40-75(56)64(79)50(51)42-92-65(67)80)59-53(16-15-48-45(6)52(68)39-55(71-61)58(48)59)73-66(81)93-41-46-11-13-47(14-12-46)70-62(77)54(10-8-9-19-69)72-63(78)60(44(4)5)74-57(76)18-21-84-23-25-86-27-29-88-31-33-90-35-37-91-36-34-89-32-30-87-28-26-85-24-22-83-20-17-43(2)3/h11-14,38-39,43-44,53-54,60,82H,7-10,15-37,40-42,69H2,1-6H3,(H,70,77)(H,72,78)(H,73,81)(H,74,76)/t53-,54-,60-,67-/m0/s1. The van der Waals surface area contributed by atoms with Crippen molar-refractivity contribution in [1.29, 1.82) is 0 Å². The van der Waals surface area contributed by atoms with Gasteiger partial charge in [0.1, 0.15) is 31.1 Å². The van der Waals surface area contributed by atoms with Crippen LogP contribution in [0.4, 0.5) is 14.9 Å². The molecule has 2 aliphatic heterocycles. The molecular weight excluding hydrogens is 1210 g/mol. The van der Waals surface area contributed by atoms with E-state index in [1.165, 1.54) is 10.6 Å². The van der Waals surface area contributed by atoms with Crippen LogP contribution in [-0.2, 0) is 103 Å². The second kappa shape index (κ2) is 38.1. The summed E-state index contributed by atoms with van der Waals surface area (Å²) in [4.78, 5) is 86.0. The predicted molar refractivity (Wildman–Crippen MR) is 342 cm³/mol. The van der Waals surface area contributed by atoms with Crippen LogP contribution in [0.5, 0.6) is 0 Å². The number of cyclic esters (lactones) is 1. The number of aryl methyl sites for hydroxylation is 1. The summed E-state index contributed by atoms with van der Waals surface area (Å²) in [7, 11) is 0. The first-order chi connectivity index (χ1) is 44.9. The summed E-state index contributed by atoms with van der Waals surface area (Å²) in [6.07, 6.45) is 2.56. The highest BCUT2D eigenvalue weighted by atomic mass is 19.1. The highest BCUT2D eigenvalue weighted by Crippen LogP contribution is 2.46. The number of esters is 1. The summed E-state index contributed by atoms with van der Waals surface area (Å²) in [6, 6.07) is 7.09. The molecule has 0 unspecified atom stereocenters. The van der Waals surface area contributed by atoms with E-state index < -0.39 is 64.9 Å². The number of ether oxygens (including phenoxy) is 11. The average Bonchev–Trinajstić information content (AvgIpc) is 1.63. The van der Waals surface area contributed by atoms with Gasteiger partial charge in [0.15, 0.2) is 5.60 Å². The highest BCUT2D eigenvalue weighted by Gasteiger charge is 2.46. The van der Waals surface area contributed by atoms with E-state index >= 15 is 4.39 Å². The van der Waals surface area contributed by atoms with E-state index in [1.54, 1.807) is 58.0 Å². The van der Waals surface area contributed by atoms with Crippen molar-refractivity contribution in [3.05, 3.63) is 91.5 Å². The lowest BCUT2D eigenvalue weighted by molar-refractivity contribution is -0.172. The maximum Gasteiger partial charge on any atom is 0.407 e. The number of hydrogen-bond acceptors (Lipinski definition) is 20. The molecule has 4 amide bonds. The van der Waals surface area contributed by atoms with Gasteiger partial charge in [0, 0.05) is 41.3 Å². The Morgan fingerprint density at radius 2 is 1.31 bits per heavy atom. The minimum absolute atomic E-state index is 0.000929. The smallest absolute Gasteiger partial charge is 0.407 e. The van der Waals surface area contributed by atoms with E-state index in [0.717, 1.165) is 18.6 Å². The second-order valence-electron chi connectivity index (χ2n) is 23.9. The van der Waals surface area contributed by atoms with Crippen LogP contribution in [0.15, 0.2) is 41.2 Å². The third-order valence-electron chi connectivity index (χ3n) is 16.4. The number of carbonyl (C=O) groups excluding carboxylic acids is 5. The van der Waals surface area contributed by atoms with Crippen molar-refractivity contribution < 1.29 is 85.6 Å². The molecule has 2 aromatic carbocycles. The number of unbranched alkanes of at least 4 members (excludes halogenated alkanes) is 1. The first-order valence-corrected chi connectivity index (χ1v) is 32.6. The number of aromatic nitrogens is 2. The quantitative estimate of drug-likeness (QED) is 0.0201. The van der Waals surface area contributed by atoms with E-state index in [4.69, 9.17) is 62.8 Å². The van der Waals surface area contributed by atoms with E-state index in [-0.39, 0.29) is 69.3 Å². The molecule has 2 aromatic heterocycles. The molecule has 4 atom stereocenters. The van der Waals surface area contributed by atoms with Gasteiger partial charge in [0.05, 0.1) is 147 Å². The third-order valence-corrected chi connectivity index (χ3v) is 16.4. The number of hydrogen-bond donors (Lipinski definition) is 6. The third kappa shape index (κ3) is 21.5. The van der Waals surface area contributed by atoms with E-state index in [1.807, 2.05) is 0 Å². The molecule has 0 fully saturated rings. The number of halogens is 1. The summed E-state index contributed by atoms with van der Waals surface area (Å²) >= 11 is 0. The fourth-order valence-corrected chi connectivity index (χ4v) is 11.1. The minimum Gasteiger partial charge on any atom is -0.458 e. The molecular formula is C67H96FN7O18. The topological polar surface area (TPSA) is 316 Å². The molecule has 514 valence electrons. The zero-order chi connectivity index (χ0) is 66.7. The predicted octanol–water partition coefficient (Wildman–Crippen LogP) is 5.72. The van der Waals surface area contributed by atoms with Gasteiger partial charge < -0.3 is 88.8 Å². The SMILES string of the molecule is CC[C@@]1(O)C(=O)OCc2c1cc1n(c2=O)Cc2c-1nc1cc(F)c(C)c3c1c2[C@@H](NC(=O)OCc1ccc(NC(=O)[C@H](CCCCN)NC(=O)[C@@H](NC(=O)CCOCCOCCOCCOCCOCCOCCOCCOCCOCCC(C)C)C(C)C)cc1)CC3. The number of pyridine rings is 2. The van der Waals surface area contributed by atoms with Crippen LogP contribution in [-0.4, -0.2) is 182 Å². The molecule has 93 heavy (non-hydrogen) atoms. The lowest BCUT2D eigenvalue weighted by Gasteiger charge is -2.31. The molecule has 3 aliphatic rings. The fraction of sp³-hybridized carbons (Fsp3) is 0.627. The van der Waals surface area contributed by atoms with E-state index in [9.17, 15) is 33.9 Å². The molecule has 26 heteroatoms. The Hall–Kier alpha value is -6.56. The number of alkyl carbamates (subject to hydrolysis) is 1. The Balaban J connectivity index is 0.766. The lowest BCUT2D eigenvalue weighted by Crippen LogP contribution is -2.54. The molecule has 4 aromatic rings. The normalized spacial score (nSPS) is 16.2. The van der Waals surface area contributed by atoms with Crippen molar-refractivity contribution >= 4 is 46.4 Å². The number of nitrogens with one attached hydrogen (secondary N) is 4.